The van der Waals surface area contributed by atoms with Gasteiger partial charge in [-0.25, -0.2) is 4.98 Å². The van der Waals surface area contributed by atoms with Gasteiger partial charge in [-0.3, -0.25) is 9.89 Å². The van der Waals surface area contributed by atoms with E-state index in [-0.39, 0.29) is 18.6 Å². The van der Waals surface area contributed by atoms with Crippen LogP contribution in [0, 0.1) is 0 Å². The largest absolute Gasteiger partial charge is 0.384 e. The monoisotopic (exact) mass is 391 g/mol. The highest BCUT2D eigenvalue weighted by Crippen LogP contribution is 2.35. The Hall–Kier alpha value is -3.19. The number of amides is 1. The molecule has 0 aliphatic carbocycles. The number of aromatic amines is 1. The van der Waals surface area contributed by atoms with Crippen LogP contribution < -0.4 is 5.73 Å². The van der Waals surface area contributed by atoms with Crippen molar-refractivity contribution >= 4 is 11.7 Å². The van der Waals surface area contributed by atoms with Crippen molar-refractivity contribution in [3.05, 3.63) is 66.1 Å². The number of nitrogens with one attached hydrogen (secondary N) is 1. The Kier molecular flexibility index (Phi) is 5.86. The van der Waals surface area contributed by atoms with Crippen LogP contribution >= 0.6 is 0 Å². The van der Waals surface area contributed by atoms with Gasteiger partial charge in [0.15, 0.2) is 0 Å². The van der Waals surface area contributed by atoms with Crippen molar-refractivity contribution in [3.63, 3.8) is 0 Å². The summed E-state index contributed by atoms with van der Waals surface area (Å²) >= 11 is 0. The molecule has 3 aromatic rings. The van der Waals surface area contributed by atoms with E-state index < -0.39 is 0 Å². The van der Waals surface area contributed by atoms with Crippen LogP contribution in [-0.2, 0) is 16.1 Å². The first-order valence-electron chi connectivity index (χ1n) is 9.88. The third-order valence-corrected chi connectivity index (χ3v) is 5.25. The second-order valence-electron chi connectivity index (χ2n) is 7.24. The smallest absolute Gasteiger partial charge is 0.249 e. The van der Waals surface area contributed by atoms with Crippen LogP contribution in [0.15, 0.2) is 54.9 Å². The molecule has 1 amide bonds. The molecular formula is C22H25N5O2. The first kappa shape index (κ1) is 19.1. The molecule has 1 atom stereocenters. The minimum atomic E-state index is -0.0523. The van der Waals surface area contributed by atoms with Crippen molar-refractivity contribution in [2.75, 3.05) is 18.9 Å². The summed E-state index contributed by atoms with van der Waals surface area (Å²) in [5.41, 5.74) is 9.74. The molecule has 0 bridgehead atoms. The molecule has 7 nitrogen and oxygen atoms in total. The van der Waals surface area contributed by atoms with E-state index in [1.807, 2.05) is 47.4 Å². The molecule has 1 saturated heterocycles. The van der Waals surface area contributed by atoms with Gasteiger partial charge >= 0.3 is 0 Å². The number of carbonyl (C=O) groups is 1. The van der Waals surface area contributed by atoms with Gasteiger partial charge < -0.3 is 15.4 Å². The molecule has 29 heavy (non-hydrogen) atoms. The predicted molar refractivity (Wildman–Crippen MR) is 111 cm³/mol. The molecule has 4 rings (SSSR count). The lowest BCUT2D eigenvalue weighted by molar-refractivity contribution is -0.140. The number of anilines is 1. The minimum absolute atomic E-state index is 0.000392. The number of ether oxygens (including phenoxy) is 1. The van der Waals surface area contributed by atoms with Crippen LogP contribution in [0.3, 0.4) is 0 Å². The molecule has 3 heterocycles. The maximum atomic E-state index is 12.9. The number of aromatic nitrogens is 3. The number of rotatable bonds is 6. The Balaban J connectivity index is 1.48. The zero-order valence-corrected chi connectivity index (χ0v) is 16.3. The van der Waals surface area contributed by atoms with Gasteiger partial charge in [-0.2, -0.15) is 5.10 Å². The molecule has 1 aromatic carbocycles. The fourth-order valence-electron chi connectivity index (χ4n) is 3.84. The summed E-state index contributed by atoms with van der Waals surface area (Å²) in [4.78, 5) is 18.9. The quantitative estimate of drug-likeness (QED) is 0.672. The van der Waals surface area contributed by atoms with E-state index >= 15 is 0 Å². The molecule has 7 heteroatoms. The number of piperidine rings is 1. The van der Waals surface area contributed by atoms with Gasteiger partial charge in [-0.1, -0.05) is 30.3 Å². The number of H-pyrrole nitrogens is 1. The van der Waals surface area contributed by atoms with Crippen molar-refractivity contribution in [2.45, 2.75) is 31.9 Å². The van der Waals surface area contributed by atoms with Gasteiger partial charge in [-0.15, -0.1) is 0 Å². The van der Waals surface area contributed by atoms with Crippen LogP contribution in [-0.4, -0.2) is 39.1 Å². The average Bonchev–Trinajstić information content (AvgIpc) is 3.24. The fraction of sp³-hybridized carbons (Fsp3) is 0.318. The predicted octanol–water partition coefficient (Wildman–Crippen LogP) is 3.32. The highest BCUT2D eigenvalue weighted by atomic mass is 16.5. The maximum absolute atomic E-state index is 12.9. The van der Waals surface area contributed by atoms with Gasteiger partial charge in [0, 0.05) is 18.3 Å². The summed E-state index contributed by atoms with van der Waals surface area (Å²) in [5.74, 6) is 0.459. The fourth-order valence-corrected chi connectivity index (χ4v) is 3.84. The molecule has 2 aromatic heterocycles. The van der Waals surface area contributed by atoms with Crippen molar-refractivity contribution in [2.24, 2.45) is 0 Å². The molecule has 1 fully saturated rings. The van der Waals surface area contributed by atoms with Crippen molar-refractivity contribution in [1.29, 1.82) is 0 Å². The van der Waals surface area contributed by atoms with Crippen LogP contribution in [0.2, 0.25) is 0 Å². The highest BCUT2D eigenvalue weighted by Gasteiger charge is 2.31. The molecule has 1 aliphatic rings. The Bertz CT molecular complexity index is 957. The van der Waals surface area contributed by atoms with E-state index in [1.54, 1.807) is 12.4 Å². The molecule has 3 N–H and O–H groups in total. The topological polar surface area (TPSA) is 97.1 Å². The molecule has 150 valence electrons. The number of nitrogen functional groups attached to an aromatic ring is 1. The zero-order valence-electron chi connectivity index (χ0n) is 16.3. The summed E-state index contributed by atoms with van der Waals surface area (Å²) in [7, 11) is 0. The van der Waals surface area contributed by atoms with E-state index in [2.05, 4.69) is 15.2 Å². The van der Waals surface area contributed by atoms with E-state index in [0.717, 1.165) is 48.2 Å². The van der Waals surface area contributed by atoms with Crippen LogP contribution in [0.1, 0.15) is 36.6 Å². The lowest BCUT2D eigenvalue weighted by Crippen LogP contribution is -2.40. The summed E-state index contributed by atoms with van der Waals surface area (Å²) in [6.45, 7) is 1.21. The first-order valence-corrected chi connectivity index (χ1v) is 9.88. The summed E-state index contributed by atoms with van der Waals surface area (Å²) < 4.78 is 5.69. The lowest BCUT2D eigenvalue weighted by Gasteiger charge is -2.35. The Morgan fingerprint density at radius 1 is 1.24 bits per heavy atom. The highest BCUT2D eigenvalue weighted by molar-refractivity contribution is 5.78. The SMILES string of the molecule is Nc1cc(-c2cn[nH]c2[C@@H]2CCCCN2C(=O)COCc2ccccc2)ccn1. The third-order valence-electron chi connectivity index (χ3n) is 5.25. The number of carbonyl (C=O) groups excluding carboxylic acids is 1. The molecule has 0 spiro atoms. The van der Waals surface area contributed by atoms with E-state index in [9.17, 15) is 4.79 Å². The minimum Gasteiger partial charge on any atom is -0.384 e. The zero-order chi connectivity index (χ0) is 20.1. The summed E-state index contributed by atoms with van der Waals surface area (Å²) in [5, 5.41) is 7.36. The number of nitrogens with zero attached hydrogens (tertiary/aromatic N) is 3. The molecule has 0 unspecified atom stereocenters. The van der Waals surface area contributed by atoms with E-state index in [4.69, 9.17) is 10.5 Å². The number of nitrogens with two attached hydrogens (primary N) is 1. The maximum Gasteiger partial charge on any atom is 0.249 e. The molecule has 0 saturated carbocycles. The van der Waals surface area contributed by atoms with Crippen LogP contribution in [0.4, 0.5) is 5.82 Å². The third kappa shape index (κ3) is 4.46. The number of hydrogen-bond donors (Lipinski definition) is 2. The van der Waals surface area contributed by atoms with Crippen molar-refractivity contribution in [3.8, 4) is 11.1 Å². The van der Waals surface area contributed by atoms with Gasteiger partial charge in [0.25, 0.3) is 0 Å². The Labute approximate surface area is 169 Å². The van der Waals surface area contributed by atoms with E-state index in [0.29, 0.717) is 12.4 Å². The number of hydrogen-bond acceptors (Lipinski definition) is 5. The van der Waals surface area contributed by atoms with E-state index in [1.165, 1.54) is 0 Å². The average molecular weight is 391 g/mol. The van der Waals surface area contributed by atoms with Gasteiger partial charge in [0.1, 0.15) is 12.4 Å². The molecule has 0 radical (unpaired) electrons. The van der Waals surface area contributed by atoms with Crippen molar-refractivity contribution < 1.29 is 9.53 Å². The molecular weight excluding hydrogens is 366 g/mol. The number of benzene rings is 1. The second kappa shape index (κ2) is 8.87. The Morgan fingerprint density at radius 3 is 2.93 bits per heavy atom. The summed E-state index contributed by atoms with van der Waals surface area (Å²) in [6, 6.07) is 13.6. The lowest BCUT2D eigenvalue weighted by atomic mass is 9.94. The number of pyridine rings is 1. The standard InChI is InChI=1S/C22H25N5O2/c23-20-12-17(9-10-24-20)18-13-25-26-22(18)19-8-4-5-11-27(19)21(28)15-29-14-16-6-2-1-3-7-16/h1-3,6-7,9-10,12-13,19H,4-5,8,11,14-15H2,(H2,23,24)(H,25,26)/t19-/m0/s1. The molecule has 1 aliphatic heterocycles. The normalized spacial score (nSPS) is 16.7. The number of likely N-dealkylation sites (tertiary alicyclic amines) is 1. The second-order valence-corrected chi connectivity index (χ2v) is 7.24. The summed E-state index contributed by atoms with van der Waals surface area (Å²) in [6.07, 6.45) is 6.42. The van der Waals surface area contributed by atoms with Crippen LogP contribution in [0.5, 0.6) is 0 Å². The van der Waals surface area contributed by atoms with Crippen molar-refractivity contribution in [1.82, 2.24) is 20.1 Å². The Morgan fingerprint density at radius 2 is 2.10 bits per heavy atom. The van der Waals surface area contributed by atoms with Gasteiger partial charge in [0.2, 0.25) is 5.91 Å². The first-order chi connectivity index (χ1) is 14.2. The van der Waals surface area contributed by atoms with Crippen LogP contribution in [0.25, 0.3) is 11.1 Å². The van der Waals surface area contributed by atoms with Gasteiger partial charge in [0.05, 0.1) is 24.5 Å². The van der Waals surface area contributed by atoms with Gasteiger partial charge in [-0.05, 0) is 42.5 Å².